The molecule has 6 nitrogen and oxygen atoms in total. The highest BCUT2D eigenvalue weighted by molar-refractivity contribution is 6.32. The zero-order valence-corrected chi connectivity index (χ0v) is 9.18. The second-order valence-electron chi connectivity index (χ2n) is 3.83. The van der Waals surface area contributed by atoms with Crippen LogP contribution in [0.4, 0.5) is 5.82 Å². The van der Waals surface area contributed by atoms with Gasteiger partial charge in [-0.25, -0.2) is 0 Å². The Balaban J connectivity index is 2.23. The molecule has 1 atom stereocenters. The second kappa shape index (κ2) is 4.21. The molecule has 0 amide bonds. The fraction of sp³-hybridized carbons (Fsp3) is 0.556. The number of Topliss-reactive ketones (excluding diaryl/α,β-unsaturated/α-hetero) is 1. The van der Waals surface area contributed by atoms with Crippen molar-refractivity contribution in [2.75, 3.05) is 0 Å². The van der Waals surface area contributed by atoms with Crippen LogP contribution in [0.15, 0.2) is 6.20 Å². The number of rotatable bonds is 2. The Labute approximate surface area is 96.3 Å². The Morgan fingerprint density at radius 1 is 1.62 bits per heavy atom. The summed E-state index contributed by atoms with van der Waals surface area (Å²) in [7, 11) is 0. The average molecular weight is 244 g/mol. The van der Waals surface area contributed by atoms with Gasteiger partial charge in [0.15, 0.2) is 5.02 Å². The number of hydrogen-bond acceptors (Lipinski definition) is 4. The Morgan fingerprint density at radius 3 is 2.94 bits per heavy atom. The van der Waals surface area contributed by atoms with Gasteiger partial charge in [0.25, 0.3) is 0 Å². The third kappa shape index (κ3) is 2.06. The molecule has 0 aromatic carbocycles. The van der Waals surface area contributed by atoms with Crippen molar-refractivity contribution < 1.29 is 9.72 Å². The van der Waals surface area contributed by atoms with Crippen molar-refractivity contribution in [1.29, 1.82) is 0 Å². The van der Waals surface area contributed by atoms with Crippen LogP contribution in [0, 0.1) is 10.1 Å². The summed E-state index contributed by atoms with van der Waals surface area (Å²) < 4.78 is 1.44. The van der Waals surface area contributed by atoms with Crippen molar-refractivity contribution in [3.63, 3.8) is 0 Å². The van der Waals surface area contributed by atoms with Crippen molar-refractivity contribution in [1.82, 2.24) is 9.78 Å². The summed E-state index contributed by atoms with van der Waals surface area (Å²) >= 11 is 5.69. The highest BCUT2D eigenvalue weighted by Crippen LogP contribution is 2.29. The highest BCUT2D eigenvalue weighted by Gasteiger charge is 2.27. The minimum atomic E-state index is -0.622. The van der Waals surface area contributed by atoms with Crippen LogP contribution in [-0.2, 0) is 4.79 Å². The second-order valence-corrected chi connectivity index (χ2v) is 4.23. The number of aromatic nitrogens is 2. The molecular weight excluding hydrogens is 234 g/mol. The van der Waals surface area contributed by atoms with Crippen LogP contribution in [0.25, 0.3) is 0 Å². The number of halogens is 1. The van der Waals surface area contributed by atoms with Crippen molar-refractivity contribution in [3.8, 4) is 0 Å². The van der Waals surface area contributed by atoms with Crippen LogP contribution >= 0.6 is 11.6 Å². The standard InChI is InChI=1S/C9H10ClN3O3/c10-8-5-12(11-9(8)13(15)16)6-2-1-3-7(14)4-6/h5-6H,1-4H2. The molecule has 1 fully saturated rings. The van der Waals surface area contributed by atoms with Crippen molar-refractivity contribution in [2.24, 2.45) is 0 Å². The van der Waals surface area contributed by atoms with Gasteiger partial charge < -0.3 is 10.1 Å². The SMILES string of the molecule is O=C1CCCC(n2cc(Cl)c([N+](=O)[O-])n2)C1. The lowest BCUT2D eigenvalue weighted by molar-refractivity contribution is -0.389. The predicted molar refractivity (Wildman–Crippen MR) is 56.4 cm³/mol. The Morgan fingerprint density at radius 2 is 2.38 bits per heavy atom. The highest BCUT2D eigenvalue weighted by atomic mass is 35.5. The summed E-state index contributed by atoms with van der Waals surface area (Å²) in [6.45, 7) is 0. The summed E-state index contributed by atoms with van der Waals surface area (Å²) in [5.74, 6) is -0.176. The fourth-order valence-electron chi connectivity index (χ4n) is 1.90. The number of nitro groups is 1. The average Bonchev–Trinajstić information content (AvgIpc) is 2.60. The summed E-state index contributed by atoms with van der Waals surface area (Å²) in [4.78, 5) is 21.2. The van der Waals surface area contributed by atoms with E-state index in [2.05, 4.69) is 5.10 Å². The molecule has 2 rings (SSSR count). The van der Waals surface area contributed by atoms with E-state index in [9.17, 15) is 14.9 Å². The topological polar surface area (TPSA) is 78.0 Å². The van der Waals surface area contributed by atoms with Gasteiger partial charge in [-0.05, 0) is 17.8 Å². The third-order valence-electron chi connectivity index (χ3n) is 2.67. The molecule has 86 valence electrons. The molecule has 1 unspecified atom stereocenters. The van der Waals surface area contributed by atoms with Crippen LogP contribution in [0.5, 0.6) is 0 Å². The zero-order chi connectivity index (χ0) is 11.7. The maximum atomic E-state index is 11.3. The first-order valence-electron chi connectivity index (χ1n) is 4.98. The van der Waals surface area contributed by atoms with Crippen molar-refractivity contribution in [3.05, 3.63) is 21.3 Å². The minimum Gasteiger partial charge on any atom is -0.358 e. The Bertz CT molecular complexity index is 443. The first-order chi connectivity index (χ1) is 7.58. The van der Waals surface area contributed by atoms with Gasteiger partial charge >= 0.3 is 5.82 Å². The van der Waals surface area contributed by atoms with Crippen molar-refractivity contribution in [2.45, 2.75) is 31.7 Å². The lowest BCUT2D eigenvalue weighted by Gasteiger charge is -2.18. The van der Waals surface area contributed by atoms with Gasteiger partial charge in [0.2, 0.25) is 0 Å². The van der Waals surface area contributed by atoms with Gasteiger partial charge in [-0.3, -0.25) is 4.79 Å². The third-order valence-corrected chi connectivity index (χ3v) is 2.94. The Hall–Kier alpha value is -1.43. The van der Waals surface area contributed by atoms with Gasteiger partial charge in [-0.1, -0.05) is 11.6 Å². The molecule has 1 heterocycles. The molecule has 7 heteroatoms. The van der Waals surface area contributed by atoms with Crippen LogP contribution in [0.1, 0.15) is 31.7 Å². The van der Waals surface area contributed by atoms with E-state index in [1.54, 1.807) is 0 Å². The summed E-state index contributed by atoms with van der Waals surface area (Å²) in [5, 5.41) is 14.4. The molecule has 0 radical (unpaired) electrons. The minimum absolute atomic E-state index is 0.0167. The van der Waals surface area contributed by atoms with E-state index in [0.29, 0.717) is 12.8 Å². The molecule has 0 aliphatic heterocycles. The first-order valence-corrected chi connectivity index (χ1v) is 5.36. The molecule has 0 N–H and O–H groups in total. The number of carbonyl (C=O) groups excluding carboxylic acids is 1. The smallest absolute Gasteiger partial charge is 0.358 e. The molecule has 1 saturated carbocycles. The molecule has 1 aromatic heterocycles. The molecule has 0 bridgehead atoms. The first kappa shape index (κ1) is 11.1. The molecule has 16 heavy (non-hydrogen) atoms. The zero-order valence-electron chi connectivity index (χ0n) is 8.43. The molecule has 0 saturated heterocycles. The number of ketones is 1. The van der Waals surface area contributed by atoms with Crippen LogP contribution < -0.4 is 0 Å². The summed E-state index contributed by atoms with van der Waals surface area (Å²) in [5.41, 5.74) is 0. The van der Waals surface area contributed by atoms with E-state index >= 15 is 0 Å². The van der Waals surface area contributed by atoms with Gasteiger partial charge in [0.05, 0.1) is 17.3 Å². The number of carbonyl (C=O) groups is 1. The molecule has 1 aliphatic carbocycles. The normalized spacial score (nSPS) is 21.1. The fourth-order valence-corrected chi connectivity index (χ4v) is 2.11. The molecule has 0 spiro atoms. The molecule has 1 aliphatic rings. The summed E-state index contributed by atoms with van der Waals surface area (Å²) in [6, 6.07) is -0.0903. The maximum Gasteiger partial charge on any atom is 0.408 e. The van der Waals surface area contributed by atoms with E-state index in [1.807, 2.05) is 0 Å². The van der Waals surface area contributed by atoms with Crippen LogP contribution in [0.3, 0.4) is 0 Å². The quantitative estimate of drug-likeness (QED) is 0.589. The monoisotopic (exact) mass is 243 g/mol. The van der Waals surface area contributed by atoms with Gasteiger partial charge in [0.1, 0.15) is 5.78 Å². The van der Waals surface area contributed by atoms with Crippen LogP contribution in [0.2, 0.25) is 5.02 Å². The number of hydrogen-bond donors (Lipinski definition) is 0. The largest absolute Gasteiger partial charge is 0.408 e. The van der Waals surface area contributed by atoms with E-state index in [-0.39, 0.29) is 22.7 Å². The maximum absolute atomic E-state index is 11.3. The molecular formula is C9H10ClN3O3. The lowest BCUT2D eigenvalue weighted by atomic mass is 9.94. The predicted octanol–water partition coefficient (Wildman–Crippen LogP) is 2.13. The Kier molecular flexibility index (Phi) is 2.91. The van der Waals surface area contributed by atoms with Gasteiger partial charge in [-0.15, -0.1) is 0 Å². The van der Waals surface area contributed by atoms with Crippen molar-refractivity contribution >= 4 is 23.2 Å². The van der Waals surface area contributed by atoms with E-state index in [1.165, 1.54) is 10.9 Å². The van der Waals surface area contributed by atoms with E-state index in [4.69, 9.17) is 11.6 Å². The van der Waals surface area contributed by atoms with Crippen LogP contribution in [-0.4, -0.2) is 20.5 Å². The van der Waals surface area contributed by atoms with Gasteiger partial charge in [-0.2, -0.15) is 4.68 Å². The lowest BCUT2D eigenvalue weighted by Crippen LogP contribution is -2.19. The van der Waals surface area contributed by atoms with Gasteiger partial charge in [0, 0.05) is 12.8 Å². The van der Waals surface area contributed by atoms with E-state index in [0.717, 1.165) is 12.8 Å². The van der Waals surface area contributed by atoms with E-state index < -0.39 is 4.92 Å². The summed E-state index contributed by atoms with van der Waals surface area (Å²) in [6.07, 6.45) is 4.00. The molecule has 1 aromatic rings. The number of nitrogens with zero attached hydrogens (tertiary/aromatic N) is 3.